The van der Waals surface area contributed by atoms with E-state index in [1.54, 1.807) is 6.20 Å². The van der Waals surface area contributed by atoms with Gasteiger partial charge in [0.15, 0.2) is 0 Å². The van der Waals surface area contributed by atoms with Crippen molar-refractivity contribution < 1.29 is 9.90 Å². The van der Waals surface area contributed by atoms with Crippen LogP contribution in [0.15, 0.2) is 49.1 Å². The number of imidazole rings is 2. The largest absolute Gasteiger partial charge is 0.481 e. The Morgan fingerprint density at radius 2 is 1.76 bits per heavy atom. The Labute approximate surface area is 250 Å². The van der Waals surface area contributed by atoms with Gasteiger partial charge < -0.3 is 29.8 Å². The van der Waals surface area contributed by atoms with E-state index in [1.165, 1.54) is 52.0 Å². The molecule has 2 aromatic heterocycles. The molecule has 3 N–H and O–H groups in total. The number of nitrogens with zero attached hydrogens (tertiary/aromatic N) is 5. The van der Waals surface area contributed by atoms with Gasteiger partial charge in [-0.3, -0.25) is 4.79 Å². The summed E-state index contributed by atoms with van der Waals surface area (Å²) >= 11 is 0. The van der Waals surface area contributed by atoms with Crippen LogP contribution in [0.3, 0.4) is 0 Å². The van der Waals surface area contributed by atoms with Gasteiger partial charge in [0.1, 0.15) is 11.6 Å². The smallest absolute Gasteiger partial charge is 0.303 e. The van der Waals surface area contributed by atoms with Crippen LogP contribution in [0.25, 0.3) is 0 Å². The number of aromatic amines is 1. The maximum Gasteiger partial charge on any atom is 0.303 e. The van der Waals surface area contributed by atoms with Crippen LogP contribution in [-0.4, -0.2) is 79.7 Å². The van der Waals surface area contributed by atoms with Crippen molar-refractivity contribution in [1.82, 2.24) is 34.6 Å². The fraction of sp³-hybridized carbons (Fsp3) is 0.606. The Kier molecular flexibility index (Phi) is 10.5. The van der Waals surface area contributed by atoms with E-state index in [4.69, 9.17) is 10.1 Å². The van der Waals surface area contributed by atoms with Gasteiger partial charge in [0.05, 0.1) is 6.04 Å². The van der Waals surface area contributed by atoms with Crippen LogP contribution in [-0.2, 0) is 30.7 Å². The summed E-state index contributed by atoms with van der Waals surface area (Å²) in [4.78, 5) is 28.8. The standard InChI is InChI=1S/C33H49N7O2/c1-26(2)24-38-18-10-33(11-19-38)12-20-39(25-33)16-3-17-40-21-15-36-32(40)29(22-30-34-13-14-35-30)37-23-28-6-4-27(5-7-28)8-9-31(41)42/h4-7,13-15,21,26,29,37H,3,8-12,16-20,22-25H2,1-2H3,(H,34,35)(H,41,42). The molecule has 228 valence electrons. The number of nitrogens with one attached hydrogen (secondary N) is 2. The molecule has 2 aliphatic rings. The number of benzene rings is 1. The maximum absolute atomic E-state index is 10.9. The summed E-state index contributed by atoms with van der Waals surface area (Å²) in [6, 6.07) is 8.23. The Morgan fingerprint density at radius 1 is 1.02 bits per heavy atom. The third kappa shape index (κ3) is 8.52. The van der Waals surface area contributed by atoms with Crippen LogP contribution in [0.1, 0.15) is 74.8 Å². The van der Waals surface area contributed by atoms with Crippen LogP contribution in [0.5, 0.6) is 0 Å². The summed E-state index contributed by atoms with van der Waals surface area (Å²) in [5.41, 5.74) is 2.75. The molecule has 1 atom stereocenters. The molecule has 1 unspecified atom stereocenters. The summed E-state index contributed by atoms with van der Waals surface area (Å²) in [6.07, 6.45) is 14.3. The molecule has 2 aliphatic heterocycles. The monoisotopic (exact) mass is 575 g/mol. The van der Waals surface area contributed by atoms with Crippen molar-refractivity contribution in [3.63, 3.8) is 0 Å². The van der Waals surface area contributed by atoms with Gasteiger partial charge in [-0.25, -0.2) is 9.97 Å². The third-order valence-corrected chi connectivity index (χ3v) is 9.15. The van der Waals surface area contributed by atoms with Gasteiger partial charge in [0, 0.05) is 63.8 Å². The molecule has 42 heavy (non-hydrogen) atoms. The second-order valence-corrected chi connectivity index (χ2v) is 12.9. The first-order valence-electron chi connectivity index (χ1n) is 15.8. The zero-order chi connectivity index (χ0) is 29.4. The van der Waals surface area contributed by atoms with Crippen LogP contribution >= 0.6 is 0 Å². The second kappa shape index (κ2) is 14.4. The molecule has 0 bridgehead atoms. The molecular formula is C33H49N7O2. The molecule has 0 radical (unpaired) electrons. The van der Waals surface area contributed by atoms with Gasteiger partial charge in [-0.2, -0.15) is 0 Å². The first kappa shape index (κ1) is 30.4. The fourth-order valence-electron chi connectivity index (χ4n) is 6.81. The first-order valence-corrected chi connectivity index (χ1v) is 15.8. The summed E-state index contributed by atoms with van der Waals surface area (Å²) in [5.74, 6) is 1.97. The number of rotatable bonds is 15. The van der Waals surface area contributed by atoms with Gasteiger partial charge in [0.25, 0.3) is 0 Å². The summed E-state index contributed by atoms with van der Waals surface area (Å²) in [6.45, 7) is 13.7. The molecule has 9 nitrogen and oxygen atoms in total. The van der Waals surface area contributed by atoms with E-state index in [2.05, 4.69) is 61.8 Å². The molecule has 3 aromatic rings. The van der Waals surface area contributed by atoms with Crippen molar-refractivity contribution in [2.45, 2.75) is 77.9 Å². The molecule has 9 heteroatoms. The molecule has 0 amide bonds. The lowest BCUT2D eigenvalue weighted by Crippen LogP contribution is -2.42. The molecule has 2 saturated heterocycles. The van der Waals surface area contributed by atoms with Crippen LogP contribution < -0.4 is 5.32 Å². The number of carbonyl (C=O) groups is 1. The van der Waals surface area contributed by atoms with Crippen molar-refractivity contribution in [1.29, 1.82) is 0 Å². The number of carboxylic acid groups (broad SMARTS) is 1. The van der Waals surface area contributed by atoms with E-state index in [1.807, 2.05) is 24.5 Å². The zero-order valence-corrected chi connectivity index (χ0v) is 25.5. The van der Waals surface area contributed by atoms with E-state index in [-0.39, 0.29) is 12.5 Å². The number of hydrogen-bond donors (Lipinski definition) is 3. The van der Waals surface area contributed by atoms with Gasteiger partial charge in [-0.1, -0.05) is 38.1 Å². The molecule has 4 heterocycles. The molecule has 2 fully saturated rings. The number of aryl methyl sites for hydroxylation is 2. The SMILES string of the molecule is CC(C)CN1CCC2(CC1)CCN(CCCn1ccnc1C(Cc1ncc[nH]1)NCc1ccc(CCC(=O)O)cc1)C2. The Hall–Kier alpha value is -3.01. The minimum Gasteiger partial charge on any atom is -0.481 e. The predicted octanol–water partition coefficient (Wildman–Crippen LogP) is 4.53. The lowest BCUT2D eigenvalue weighted by molar-refractivity contribution is -0.136. The number of H-pyrrole nitrogens is 1. The van der Waals surface area contributed by atoms with Crippen LogP contribution in [0.2, 0.25) is 0 Å². The summed E-state index contributed by atoms with van der Waals surface area (Å²) < 4.78 is 2.31. The zero-order valence-electron chi connectivity index (χ0n) is 25.5. The summed E-state index contributed by atoms with van der Waals surface area (Å²) in [5, 5.41) is 12.7. The number of aromatic nitrogens is 4. The highest BCUT2D eigenvalue weighted by Crippen LogP contribution is 2.40. The Morgan fingerprint density at radius 3 is 2.45 bits per heavy atom. The minimum atomic E-state index is -0.765. The molecule has 0 saturated carbocycles. The van der Waals surface area contributed by atoms with E-state index < -0.39 is 5.97 Å². The number of hydrogen-bond acceptors (Lipinski definition) is 6. The normalized spacial score (nSPS) is 18.3. The first-order chi connectivity index (χ1) is 20.4. The van der Waals surface area contributed by atoms with Crippen molar-refractivity contribution in [2.24, 2.45) is 11.3 Å². The topological polar surface area (TPSA) is 102 Å². The highest BCUT2D eigenvalue weighted by molar-refractivity contribution is 5.67. The van der Waals surface area contributed by atoms with Crippen LogP contribution in [0, 0.1) is 11.3 Å². The van der Waals surface area contributed by atoms with Gasteiger partial charge in [-0.05, 0) is 80.7 Å². The summed E-state index contributed by atoms with van der Waals surface area (Å²) in [7, 11) is 0. The molecule has 1 aromatic carbocycles. The maximum atomic E-state index is 10.9. The average Bonchev–Trinajstić information content (AvgIpc) is 3.74. The number of aliphatic carboxylic acids is 1. The Bertz CT molecular complexity index is 1230. The molecular weight excluding hydrogens is 526 g/mol. The average molecular weight is 576 g/mol. The number of likely N-dealkylation sites (tertiary alicyclic amines) is 2. The number of piperidine rings is 1. The molecule has 5 rings (SSSR count). The molecule has 0 aliphatic carbocycles. The highest BCUT2D eigenvalue weighted by Gasteiger charge is 2.40. The fourth-order valence-corrected chi connectivity index (χ4v) is 6.81. The van der Waals surface area contributed by atoms with Crippen LogP contribution in [0.4, 0.5) is 0 Å². The number of carboxylic acids is 1. The quantitative estimate of drug-likeness (QED) is 0.245. The van der Waals surface area contributed by atoms with Crippen molar-refractivity contribution in [2.75, 3.05) is 39.3 Å². The Balaban J connectivity index is 1.14. The van der Waals surface area contributed by atoms with Gasteiger partial charge in [-0.15, -0.1) is 0 Å². The second-order valence-electron chi connectivity index (χ2n) is 12.9. The van der Waals surface area contributed by atoms with E-state index in [9.17, 15) is 4.79 Å². The van der Waals surface area contributed by atoms with E-state index in [0.717, 1.165) is 54.6 Å². The van der Waals surface area contributed by atoms with Crippen molar-refractivity contribution in [3.05, 3.63) is 71.8 Å². The molecule has 1 spiro atoms. The highest BCUT2D eigenvalue weighted by atomic mass is 16.4. The predicted molar refractivity (Wildman–Crippen MR) is 165 cm³/mol. The minimum absolute atomic E-state index is 0.0175. The van der Waals surface area contributed by atoms with Crippen molar-refractivity contribution >= 4 is 5.97 Å². The van der Waals surface area contributed by atoms with E-state index in [0.29, 0.717) is 18.4 Å². The van der Waals surface area contributed by atoms with Gasteiger partial charge >= 0.3 is 5.97 Å². The van der Waals surface area contributed by atoms with Crippen molar-refractivity contribution in [3.8, 4) is 0 Å². The lowest BCUT2D eigenvalue weighted by atomic mass is 9.77. The van der Waals surface area contributed by atoms with Gasteiger partial charge in [0.2, 0.25) is 0 Å². The lowest BCUT2D eigenvalue weighted by Gasteiger charge is -2.40. The van der Waals surface area contributed by atoms with E-state index >= 15 is 0 Å². The third-order valence-electron chi connectivity index (χ3n) is 9.15.